The molecule has 0 unspecified atom stereocenters. The van der Waals surface area contributed by atoms with E-state index in [2.05, 4.69) is 10.1 Å². The lowest BCUT2D eigenvalue weighted by molar-refractivity contribution is -0.131. The van der Waals surface area contributed by atoms with E-state index in [0.29, 0.717) is 30.0 Å². The number of rotatable bonds is 5. The average Bonchev–Trinajstić information content (AvgIpc) is 3.11. The van der Waals surface area contributed by atoms with Gasteiger partial charge in [0.05, 0.1) is 5.69 Å². The molecule has 1 amide bonds. The molecule has 0 aliphatic carbocycles. The number of amides is 1. The molecule has 3 heterocycles. The molecule has 0 saturated carbocycles. The number of aryl methyl sites for hydroxylation is 1. The van der Waals surface area contributed by atoms with Crippen LogP contribution in [0.4, 0.5) is 4.39 Å². The van der Waals surface area contributed by atoms with Crippen LogP contribution in [0, 0.1) is 5.82 Å². The normalized spacial score (nSPS) is 15.3. The molecule has 0 atom stereocenters. The van der Waals surface area contributed by atoms with E-state index in [0.717, 1.165) is 37.6 Å². The molecule has 1 saturated heterocycles. The fourth-order valence-corrected chi connectivity index (χ4v) is 4.03. The van der Waals surface area contributed by atoms with Gasteiger partial charge in [0.1, 0.15) is 11.5 Å². The maximum absolute atomic E-state index is 15.1. The highest BCUT2D eigenvalue weighted by Crippen LogP contribution is 2.26. The lowest BCUT2D eigenvalue weighted by Gasteiger charge is -2.29. The van der Waals surface area contributed by atoms with Crippen LogP contribution in [0.2, 0.25) is 0 Å². The molecular weight excluding hydrogens is 425 g/mol. The molecule has 8 nitrogen and oxygen atoms in total. The highest BCUT2D eigenvalue weighted by molar-refractivity contribution is 5.92. The molecule has 1 aliphatic rings. The third kappa shape index (κ3) is 4.63. The molecule has 1 aromatic carbocycles. The third-order valence-electron chi connectivity index (χ3n) is 5.79. The second-order valence-corrected chi connectivity index (χ2v) is 8.04. The Balaban J connectivity index is 1.75. The van der Waals surface area contributed by atoms with Gasteiger partial charge >= 0.3 is 5.97 Å². The van der Waals surface area contributed by atoms with Gasteiger partial charge in [-0.15, -0.1) is 0 Å². The van der Waals surface area contributed by atoms with Gasteiger partial charge in [-0.05, 0) is 37.5 Å². The molecule has 1 N–H and O–H groups in total. The predicted octanol–water partition coefficient (Wildman–Crippen LogP) is 3.67. The van der Waals surface area contributed by atoms with Crippen LogP contribution < -0.4 is 0 Å². The number of benzene rings is 1. The summed E-state index contributed by atoms with van der Waals surface area (Å²) in [5.74, 6) is -1.89. The van der Waals surface area contributed by atoms with E-state index in [1.54, 1.807) is 33.8 Å². The van der Waals surface area contributed by atoms with Crippen molar-refractivity contribution in [1.82, 2.24) is 24.6 Å². The van der Waals surface area contributed by atoms with Crippen molar-refractivity contribution in [2.45, 2.75) is 32.6 Å². The Morgan fingerprint density at radius 3 is 2.73 bits per heavy atom. The fraction of sp³-hybridized carbons (Fsp3) is 0.333. The number of halogens is 1. The number of aliphatic carboxylic acids is 1. The van der Waals surface area contributed by atoms with Crippen molar-refractivity contribution in [1.29, 1.82) is 0 Å². The van der Waals surface area contributed by atoms with E-state index in [1.807, 2.05) is 19.0 Å². The second-order valence-electron chi connectivity index (χ2n) is 8.04. The Morgan fingerprint density at radius 2 is 1.97 bits per heavy atom. The van der Waals surface area contributed by atoms with Crippen molar-refractivity contribution in [2.75, 3.05) is 20.1 Å². The molecule has 3 aromatic rings. The van der Waals surface area contributed by atoms with Crippen molar-refractivity contribution in [3.8, 4) is 11.3 Å². The summed E-state index contributed by atoms with van der Waals surface area (Å²) in [6, 6.07) is 8.11. The lowest BCUT2D eigenvalue weighted by atomic mass is 10.1. The quantitative estimate of drug-likeness (QED) is 0.596. The van der Waals surface area contributed by atoms with Gasteiger partial charge in [0, 0.05) is 49.1 Å². The Morgan fingerprint density at radius 1 is 1.18 bits per heavy atom. The van der Waals surface area contributed by atoms with Gasteiger partial charge in [-0.3, -0.25) is 9.80 Å². The number of hydrogen-bond acceptors (Lipinski definition) is 5. The van der Waals surface area contributed by atoms with Crippen molar-refractivity contribution >= 4 is 23.6 Å². The Bertz CT molecular complexity index is 1240. The molecule has 0 spiro atoms. The van der Waals surface area contributed by atoms with Gasteiger partial charge in [0.15, 0.2) is 5.65 Å². The van der Waals surface area contributed by atoms with E-state index in [-0.39, 0.29) is 17.0 Å². The minimum atomic E-state index is -1.16. The molecule has 172 valence electrons. The third-order valence-corrected chi connectivity index (χ3v) is 5.79. The number of carbonyl (C=O) groups is 2. The minimum Gasteiger partial charge on any atom is -0.478 e. The monoisotopic (exact) mass is 451 g/mol. The van der Waals surface area contributed by atoms with Crippen LogP contribution in [0.5, 0.6) is 0 Å². The molecule has 1 fully saturated rings. The summed E-state index contributed by atoms with van der Waals surface area (Å²) in [5, 5.41) is 17.0. The van der Waals surface area contributed by atoms with Crippen molar-refractivity contribution in [3.05, 3.63) is 59.2 Å². The Hall–Kier alpha value is -3.59. The number of fused-ring (bicyclic) bond motifs is 1. The molecule has 2 aromatic heterocycles. The number of carbonyl (C=O) groups excluding carboxylic acids is 1. The van der Waals surface area contributed by atoms with Crippen LogP contribution in [0.25, 0.3) is 23.0 Å². The Labute approximate surface area is 190 Å². The van der Waals surface area contributed by atoms with Gasteiger partial charge in [-0.1, -0.05) is 25.5 Å². The first kappa shape index (κ1) is 22.6. The van der Waals surface area contributed by atoms with E-state index in [1.165, 1.54) is 12.1 Å². The SMILES string of the molecule is CCc1cc(C(=O)N2CCCCCN2C)nc2cc(-c3cccc(/C=C/C(=O)O)c3F)nn12. The Kier molecular flexibility index (Phi) is 6.50. The smallest absolute Gasteiger partial charge is 0.328 e. The van der Waals surface area contributed by atoms with Gasteiger partial charge in [-0.25, -0.2) is 23.7 Å². The maximum Gasteiger partial charge on any atom is 0.328 e. The molecule has 0 bridgehead atoms. The summed E-state index contributed by atoms with van der Waals surface area (Å²) in [6.07, 6.45) is 5.79. The van der Waals surface area contributed by atoms with E-state index in [9.17, 15) is 9.59 Å². The van der Waals surface area contributed by atoms with Gasteiger partial charge in [0.25, 0.3) is 5.91 Å². The topological polar surface area (TPSA) is 91.0 Å². The first-order chi connectivity index (χ1) is 15.9. The number of aromatic nitrogens is 3. The van der Waals surface area contributed by atoms with Crippen molar-refractivity contribution in [2.24, 2.45) is 0 Å². The zero-order valence-corrected chi connectivity index (χ0v) is 18.7. The lowest BCUT2D eigenvalue weighted by Crippen LogP contribution is -2.44. The average molecular weight is 452 g/mol. The summed E-state index contributed by atoms with van der Waals surface area (Å²) >= 11 is 0. The van der Waals surface area contributed by atoms with Gasteiger partial charge < -0.3 is 5.11 Å². The molecule has 9 heteroatoms. The number of hydrogen-bond donors (Lipinski definition) is 1. The molecule has 0 radical (unpaired) electrons. The van der Waals surface area contributed by atoms with E-state index < -0.39 is 11.8 Å². The number of carboxylic acids is 1. The van der Waals surface area contributed by atoms with Crippen LogP contribution in [-0.4, -0.2) is 61.7 Å². The highest BCUT2D eigenvalue weighted by atomic mass is 19.1. The first-order valence-electron chi connectivity index (χ1n) is 11.0. The second kappa shape index (κ2) is 9.50. The zero-order chi connectivity index (χ0) is 23.5. The summed E-state index contributed by atoms with van der Waals surface area (Å²) in [5.41, 5.74) is 2.31. The van der Waals surface area contributed by atoms with Gasteiger partial charge in [-0.2, -0.15) is 5.10 Å². The largest absolute Gasteiger partial charge is 0.478 e. The predicted molar refractivity (Wildman–Crippen MR) is 122 cm³/mol. The number of nitrogens with zero attached hydrogens (tertiary/aromatic N) is 5. The summed E-state index contributed by atoms with van der Waals surface area (Å²) in [7, 11) is 1.91. The summed E-state index contributed by atoms with van der Waals surface area (Å²) in [6.45, 7) is 3.42. The molecule has 33 heavy (non-hydrogen) atoms. The van der Waals surface area contributed by atoms with Crippen LogP contribution in [0.1, 0.15) is 47.9 Å². The van der Waals surface area contributed by atoms with Crippen molar-refractivity contribution in [3.63, 3.8) is 0 Å². The first-order valence-corrected chi connectivity index (χ1v) is 11.0. The van der Waals surface area contributed by atoms with Crippen molar-refractivity contribution < 1.29 is 19.1 Å². The molecule has 1 aliphatic heterocycles. The van der Waals surface area contributed by atoms with Crippen LogP contribution >= 0.6 is 0 Å². The molecule has 4 rings (SSSR count). The fourth-order valence-electron chi connectivity index (χ4n) is 4.03. The molecular formula is C24H26FN5O3. The summed E-state index contributed by atoms with van der Waals surface area (Å²) < 4.78 is 16.7. The highest BCUT2D eigenvalue weighted by Gasteiger charge is 2.24. The zero-order valence-electron chi connectivity index (χ0n) is 18.7. The number of carboxylic acid groups (broad SMARTS) is 1. The standard InChI is InChI=1S/C24H26FN5O3/c1-3-17-14-20(24(33)29-13-6-4-5-12-28(29)2)26-21-15-19(27-30(17)21)18-9-7-8-16(23(18)25)10-11-22(31)32/h7-11,14-15H,3-6,12-13H2,1-2H3,(H,31,32)/b11-10+. The summed E-state index contributed by atoms with van der Waals surface area (Å²) in [4.78, 5) is 28.6. The van der Waals surface area contributed by atoms with E-state index >= 15 is 4.39 Å². The minimum absolute atomic E-state index is 0.149. The number of hydrazine groups is 1. The van der Waals surface area contributed by atoms with E-state index in [4.69, 9.17) is 5.11 Å². The van der Waals surface area contributed by atoms with Crippen LogP contribution in [0.15, 0.2) is 36.4 Å². The van der Waals surface area contributed by atoms with Gasteiger partial charge in [0.2, 0.25) is 0 Å². The van der Waals surface area contributed by atoms with Crippen LogP contribution in [0.3, 0.4) is 0 Å². The maximum atomic E-state index is 15.1. The van der Waals surface area contributed by atoms with Crippen LogP contribution in [-0.2, 0) is 11.2 Å².